The van der Waals surface area contributed by atoms with Crippen molar-refractivity contribution in [2.24, 2.45) is 5.10 Å². The fraction of sp³-hybridized carbons (Fsp3) is 0.261. The minimum absolute atomic E-state index is 0.0132. The van der Waals surface area contributed by atoms with E-state index in [1.54, 1.807) is 40.1 Å². The predicted molar refractivity (Wildman–Crippen MR) is 132 cm³/mol. The Kier molecular flexibility index (Phi) is 5.57. The van der Waals surface area contributed by atoms with E-state index in [4.69, 9.17) is 5.10 Å². The van der Waals surface area contributed by atoms with Crippen molar-refractivity contribution < 1.29 is 4.79 Å². The molecule has 0 bridgehead atoms. The highest BCUT2D eigenvalue weighted by molar-refractivity contribution is 7.99. The molecule has 6 rings (SSSR count). The predicted octanol–water partition coefficient (Wildman–Crippen LogP) is 5.27. The molecule has 0 saturated heterocycles. The van der Waals surface area contributed by atoms with E-state index in [0.29, 0.717) is 6.04 Å². The van der Waals surface area contributed by atoms with Gasteiger partial charge in [-0.05, 0) is 47.9 Å². The van der Waals surface area contributed by atoms with Crippen LogP contribution in [0.1, 0.15) is 41.1 Å². The summed E-state index contributed by atoms with van der Waals surface area (Å²) in [6.45, 7) is 0. The molecule has 5 heterocycles. The van der Waals surface area contributed by atoms with Crippen LogP contribution >= 0.6 is 34.4 Å². The largest absolute Gasteiger partial charge is 0.299 e. The molecule has 1 aliphatic heterocycles. The Hall–Kier alpha value is -2.82. The Bertz CT molecular complexity index is 1280. The number of hydrogen-bond donors (Lipinski definition) is 0. The zero-order valence-electron chi connectivity index (χ0n) is 17.6. The van der Waals surface area contributed by atoms with Crippen molar-refractivity contribution in [3.05, 3.63) is 69.3 Å². The molecular weight excluding hydrogens is 472 g/mol. The van der Waals surface area contributed by atoms with Gasteiger partial charge in [0.25, 0.3) is 5.91 Å². The van der Waals surface area contributed by atoms with Gasteiger partial charge in [-0.2, -0.15) is 5.10 Å². The van der Waals surface area contributed by atoms with Gasteiger partial charge in [-0.1, -0.05) is 23.9 Å². The highest BCUT2D eigenvalue weighted by Crippen LogP contribution is 2.41. The summed E-state index contributed by atoms with van der Waals surface area (Å²) in [6, 6.07) is 12.4. The van der Waals surface area contributed by atoms with Gasteiger partial charge in [0.1, 0.15) is 0 Å². The molecule has 1 saturated carbocycles. The highest BCUT2D eigenvalue weighted by atomic mass is 32.2. The summed E-state index contributed by atoms with van der Waals surface area (Å²) in [5.74, 6) is 1.09. The summed E-state index contributed by atoms with van der Waals surface area (Å²) in [5, 5.41) is 20.2. The Morgan fingerprint density at radius 1 is 1.06 bits per heavy atom. The fourth-order valence-corrected chi connectivity index (χ4v) is 6.35. The van der Waals surface area contributed by atoms with Gasteiger partial charge >= 0.3 is 0 Å². The Labute approximate surface area is 203 Å². The molecule has 4 aromatic rings. The minimum Gasteiger partial charge on any atom is -0.299 e. The topological polar surface area (TPSA) is 76.3 Å². The maximum absolute atomic E-state index is 13.4. The molecule has 7 nitrogen and oxygen atoms in total. The van der Waals surface area contributed by atoms with Crippen molar-refractivity contribution in [3.63, 3.8) is 0 Å². The second-order valence-corrected chi connectivity index (χ2v) is 10.8. The number of hydrogen-bond acceptors (Lipinski definition) is 8. The van der Waals surface area contributed by atoms with Gasteiger partial charge in [-0.25, -0.2) is 5.01 Å². The van der Waals surface area contributed by atoms with Crippen LogP contribution in [-0.2, 0) is 4.79 Å². The van der Waals surface area contributed by atoms with E-state index in [1.807, 2.05) is 29.6 Å². The van der Waals surface area contributed by atoms with Gasteiger partial charge in [0.15, 0.2) is 11.0 Å². The van der Waals surface area contributed by atoms with Gasteiger partial charge in [0.05, 0.1) is 22.4 Å². The SMILES string of the molecule is O=C(CSc1nnc(-c2ccncc2)n1C1CC1)N1N=C(c2cccs2)C[C@@H]1c1cccs1. The number of carbonyl (C=O) groups excluding carboxylic acids is 1. The number of aromatic nitrogens is 4. The minimum atomic E-state index is -0.0520. The van der Waals surface area contributed by atoms with Crippen LogP contribution in [0.5, 0.6) is 0 Å². The second kappa shape index (κ2) is 8.85. The molecule has 1 aliphatic carbocycles. The van der Waals surface area contributed by atoms with Crippen LogP contribution in [0.4, 0.5) is 0 Å². The van der Waals surface area contributed by atoms with Crippen LogP contribution in [0.2, 0.25) is 0 Å². The molecule has 4 aromatic heterocycles. The molecule has 1 amide bonds. The summed E-state index contributed by atoms with van der Waals surface area (Å²) in [5.41, 5.74) is 1.97. The first-order chi connectivity index (χ1) is 16.3. The smallest absolute Gasteiger partial charge is 0.253 e. The number of rotatable bonds is 7. The average Bonchev–Trinajstić information content (AvgIpc) is 3.34. The molecule has 0 N–H and O–H groups in total. The standard InChI is InChI=1S/C23H20N6OS3/c30-21(29-18(20-4-2-12-32-20)13-17(27-29)19-3-1-11-31-19)14-33-23-26-25-22(28(23)16-5-6-16)15-7-9-24-10-8-15/h1-4,7-12,16,18H,5-6,13-14H2/t18-/m1/s1. The van der Waals surface area contributed by atoms with Crippen LogP contribution in [-0.4, -0.2) is 42.1 Å². The van der Waals surface area contributed by atoms with Crippen molar-refractivity contribution in [1.82, 2.24) is 24.8 Å². The first-order valence-electron chi connectivity index (χ1n) is 10.7. The van der Waals surface area contributed by atoms with Crippen LogP contribution < -0.4 is 0 Å². The highest BCUT2D eigenvalue weighted by Gasteiger charge is 2.35. The van der Waals surface area contributed by atoms with Crippen molar-refractivity contribution in [2.45, 2.75) is 36.5 Å². The normalized spacial score (nSPS) is 18.0. The first-order valence-corrected chi connectivity index (χ1v) is 13.5. The molecule has 0 spiro atoms. The maximum atomic E-state index is 13.4. The van der Waals surface area contributed by atoms with Gasteiger partial charge < -0.3 is 0 Å². The number of pyridine rings is 1. The summed E-state index contributed by atoms with van der Waals surface area (Å²) >= 11 is 4.77. The van der Waals surface area contributed by atoms with Crippen LogP contribution in [0, 0.1) is 0 Å². The van der Waals surface area contributed by atoms with Crippen molar-refractivity contribution in [1.29, 1.82) is 0 Å². The summed E-state index contributed by atoms with van der Waals surface area (Å²) < 4.78 is 2.17. The number of nitrogens with zero attached hydrogens (tertiary/aromatic N) is 6. The number of carbonyl (C=O) groups is 1. The lowest BCUT2D eigenvalue weighted by molar-refractivity contribution is -0.130. The lowest BCUT2D eigenvalue weighted by Gasteiger charge is -2.20. The van der Waals surface area contributed by atoms with E-state index in [2.05, 4.69) is 37.3 Å². The number of amides is 1. The van der Waals surface area contributed by atoms with E-state index >= 15 is 0 Å². The van der Waals surface area contributed by atoms with Crippen LogP contribution in [0.3, 0.4) is 0 Å². The lowest BCUT2D eigenvalue weighted by atomic mass is 10.1. The number of thioether (sulfide) groups is 1. The molecule has 1 fully saturated rings. The molecule has 166 valence electrons. The van der Waals surface area contributed by atoms with Crippen LogP contribution in [0.15, 0.2) is 69.8 Å². The van der Waals surface area contributed by atoms with Crippen LogP contribution in [0.25, 0.3) is 11.4 Å². The molecular formula is C23H20N6OS3. The van der Waals surface area contributed by atoms with Crippen molar-refractivity contribution >= 4 is 46.1 Å². The summed E-state index contributed by atoms with van der Waals surface area (Å²) in [7, 11) is 0. The zero-order valence-corrected chi connectivity index (χ0v) is 20.0. The maximum Gasteiger partial charge on any atom is 0.253 e. The molecule has 33 heavy (non-hydrogen) atoms. The first kappa shape index (κ1) is 20.8. The van der Waals surface area contributed by atoms with E-state index < -0.39 is 0 Å². The van der Waals surface area contributed by atoms with Crippen molar-refractivity contribution in [3.8, 4) is 11.4 Å². The number of thiophene rings is 2. The molecule has 0 radical (unpaired) electrons. The molecule has 10 heteroatoms. The summed E-state index contributed by atoms with van der Waals surface area (Å²) in [6.07, 6.45) is 6.48. The van der Waals surface area contributed by atoms with Crippen molar-refractivity contribution in [2.75, 3.05) is 5.75 Å². The van der Waals surface area contributed by atoms with Gasteiger partial charge in [-0.3, -0.25) is 14.3 Å². The third kappa shape index (κ3) is 4.14. The third-order valence-corrected chi connectivity index (χ3v) is 8.50. The second-order valence-electron chi connectivity index (χ2n) is 7.93. The number of hydrazone groups is 1. The van der Waals surface area contributed by atoms with E-state index in [9.17, 15) is 4.79 Å². The summed E-state index contributed by atoms with van der Waals surface area (Å²) in [4.78, 5) is 19.7. The Morgan fingerprint density at radius 3 is 2.61 bits per heavy atom. The van der Waals surface area contributed by atoms with E-state index in [0.717, 1.165) is 51.3 Å². The van der Waals surface area contributed by atoms with Gasteiger partial charge in [0, 0.05) is 35.3 Å². The quantitative estimate of drug-likeness (QED) is 0.329. The lowest BCUT2D eigenvalue weighted by Crippen LogP contribution is -2.28. The molecule has 2 aliphatic rings. The van der Waals surface area contributed by atoms with E-state index in [1.165, 1.54) is 11.8 Å². The molecule has 0 unspecified atom stereocenters. The average molecular weight is 493 g/mol. The zero-order chi connectivity index (χ0) is 22.2. The fourth-order valence-electron chi connectivity index (χ4n) is 3.96. The van der Waals surface area contributed by atoms with Gasteiger partial charge in [0.2, 0.25) is 0 Å². The molecule has 0 aromatic carbocycles. The van der Waals surface area contributed by atoms with E-state index in [-0.39, 0.29) is 17.7 Å². The third-order valence-electron chi connectivity index (χ3n) is 5.68. The van der Waals surface area contributed by atoms with Gasteiger partial charge in [-0.15, -0.1) is 32.9 Å². The monoisotopic (exact) mass is 492 g/mol. The Balaban J connectivity index is 1.23. The Morgan fingerprint density at radius 2 is 1.88 bits per heavy atom. The molecule has 1 atom stereocenters.